The summed E-state index contributed by atoms with van der Waals surface area (Å²) >= 11 is 0. The molecular formula is C19H24FN5O. The van der Waals surface area contributed by atoms with Crippen LogP contribution in [-0.2, 0) is 17.6 Å². The molecule has 0 spiro atoms. The van der Waals surface area contributed by atoms with E-state index in [0.29, 0.717) is 18.9 Å². The van der Waals surface area contributed by atoms with Crippen LogP contribution in [0.15, 0.2) is 12.1 Å². The number of nitrogens with zero attached hydrogens (tertiary/aromatic N) is 3. The minimum Gasteiger partial charge on any atom is -0.365 e. The second kappa shape index (κ2) is 6.37. The number of carbonyl (C=O) groups excluding carboxylic acids is 1. The number of rotatable bonds is 4. The fourth-order valence-corrected chi connectivity index (χ4v) is 4.00. The molecule has 1 aliphatic heterocycles. The Hall–Kier alpha value is -2.44. The van der Waals surface area contributed by atoms with E-state index in [2.05, 4.69) is 34.3 Å². The lowest BCUT2D eigenvalue weighted by atomic mass is 9.76. The lowest BCUT2D eigenvalue weighted by Gasteiger charge is -2.29. The van der Waals surface area contributed by atoms with Crippen LogP contribution in [0.5, 0.6) is 0 Å². The highest BCUT2D eigenvalue weighted by molar-refractivity contribution is 5.67. The minimum absolute atomic E-state index is 0.0937. The number of hydrogen-bond donors (Lipinski definition) is 2. The van der Waals surface area contributed by atoms with Gasteiger partial charge in [-0.2, -0.15) is 9.49 Å². The molecule has 2 aliphatic rings. The molecule has 2 aromatic rings. The number of hydrogen-bond acceptors (Lipinski definition) is 4. The number of halogens is 1. The molecule has 0 aromatic carbocycles. The average Bonchev–Trinajstić information content (AvgIpc) is 3.19. The number of nitrogens with one attached hydrogen (secondary N) is 2. The van der Waals surface area contributed by atoms with E-state index in [9.17, 15) is 9.18 Å². The number of carbonyl (C=O) groups is 1. The Bertz CT molecular complexity index is 831. The van der Waals surface area contributed by atoms with Crippen molar-refractivity contribution in [1.82, 2.24) is 20.1 Å². The predicted octanol–water partition coefficient (Wildman–Crippen LogP) is 2.77. The topological polar surface area (TPSA) is 73.9 Å². The monoisotopic (exact) mass is 357 g/mol. The minimum atomic E-state index is -0.525. The van der Waals surface area contributed by atoms with E-state index in [-0.39, 0.29) is 11.5 Å². The van der Waals surface area contributed by atoms with Crippen LogP contribution in [0, 0.1) is 11.4 Å². The van der Waals surface area contributed by atoms with E-state index >= 15 is 0 Å². The second-order valence-electron chi connectivity index (χ2n) is 8.16. The van der Waals surface area contributed by atoms with Gasteiger partial charge in [0.1, 0.15) is 5.82 Å². The number of pyridine rings is 1. The van der Waals surface area contributed by atoms with Crippen molar-refractivity contribution in [2.24, 2.45) is 5.41 Å². The highest BCUT2D eigenvalue weighted by Gasteiger charge is 2.29. The lowest BCUT2D eigenvalue weighted by Crippen LogP contribution is -2.25. The van der Waals surface area contributed by atoms with Crippen molar-refractivity contribution < 1.29 is 9.18 Å². The molecule has 1 aliphatic carbocycles. The zero-order valence-electron chi connectivity index (χ0n) is 15.2. The molecule has 2 N–H and O–H groups in total. The average molecular weight is 357 g/mol. The Morgan fingerprint density at radius 2 is 2.27 bits per heavy atom. The van der Waals surface area contributed by atoms with Crippen LogP contribution in [-0.4, -0.2) is 45.6 Å². The van der Waals surface area contributed by atoms with Crippen LogP contribution in [0.1, 0.15) is 37.9 Å². The molecule has 1 saturated heterocycles. The van der Waals surface area contributed by atoms with Gasteiger partial charge in [0.15, 0.2) is 0 Å². The van der Waals surface area contributed by atoms with Crippen LogP contribution in [0.3, 0.4) is 0 Å². The largest absolute Gasteiger partial charge is 0.365 e. The van der Waals surface area contributed by atoms with Crippen molar-refractivity contribution in [3.63, 3.8) is 0 Å². The van der Waals surface area contributed by atoms with E-state index in [4.69, 9.17) is 0 Å². The Morgan fingerprint density at radius 3 is 3.04 bits per heavy atom. The maximum atomic E-state index is 14.1. The zero-order chi connectivity index (χ0) is 18.3. The molecular weight excluding hydrogens is 333 g/mol. The van der Waals surface area contributed by atoms with Crippen LogP contribution in [0.2, 0.25) is 0 Å². The maximum Gasteiger partial charge on any atom is 0.215 e. The molecule has 0 saturated carbocycles. The third-order valence-corrected chi connectivity index (χ3v) is 5.45. The quantitative estimate of drug-likeness (QED) is 0.652. The van der Waals surface area contributed by atoms with Gasteiger partial charge < -0.3 is 10.2 Å². The number of likely N-dealkylation sites (tertiary alicyclic amines) is 1. The van der Waals surface area contributed by atoms with Gasteiger partial charge in [-0.05, 0) is 37.2 Å². The molecule has 2 aromatic heterocycles. The van der Waals surface area contributed by atoms with E-state index < -0.39 is 5.95 Å². The molecule has 3 heterocycles. The second-order valence-corrected chi connectivity index (χ2v) is 8.16. The van der Waals surface area contributed by atoms with Gasteiger partial charge in [-0.25, -0.2) is 4.98 Å². The van der Waals surface area contributed by atoms with Gasteiger partial charge in [-0.15, -0.1) is 0 Å². The van der Waals surface area contributed by atoms with Crippen LogP contribution in [0.4, 0.5) is 10.2 Å². The summed E-state index contributed by atoms with van der Waals surface area (Å²) in [7, 11) is 0. The first-order chi connectivity index (χ1) is 12.4. The standard InChI is InChI=1S/C19H24FN5O/c1-19(2)5-3-14-15(9-19)23-24-18(14)12-7-16(20)22-17(8-12)21-13-4-6-25(10-13)11-26/h7-8,11,13H,3-6,9-10H2,1-2H3,(H,21,22)(H,23,24). The molecule has 1 atom stereocenters. The summed E-state index contributed by atoms with van der Waals surface area (Å²) in [5.41, 5.74) is 4.16. The predicted molar refractivity (Wildman–Crippen MR) is 97.2 cm³/mol. The SMILES string of the molecule is CC1(C)CCc2c(-c3cc(F)nc(NC4CCN(C=O)C4)c3)n[nH]c2C1. The van der Waals surface area contributed by atoms with E-state index in [1.54, 1.807) is 4.90 Å². The van der Waals surface area contributed by atoms with E-state index in [1.165, 1.54) is 11.6 Å². The van der Waals surface area contributed by atoms with Crippen molar-refractivity contribution in [1.29, 1.82) is 0 Å². The summed E-state index contributed by atoms with van der Waals surface area (Å²) in [5.74, 6) is -0.0335. The first-order valence-electron chi connectivity index (χ1n) is 9.13. The molecule has 4 rings (SSSR count). The van der Waals surface area contributed by atoms with Crippen molar-refractivity contribution in [2.45, 2.75) is 45.6 Å². The molecule has 0 radical (unpaired) electrons. The summed E-state index contributed by atoms with van der Waals surface area (Å²) < 4.78 is 14.1. The van der Waals surface area contributed by atoms with Crippen LogP contribution >= 0.6 is 0 Å². The highest BCUT2D eigenvalue weighted by atomic mass is 19.1. The molecule has 0 bridgehead atoms. The first-order valence-corrected chi connectivity index (χ1v) is 9.13. The van der Waals surface area contributed by atoms with Gasteiger partial charge in [0, 0.05) is 42.0 Å². The summed E-state index contributed by atoms with van der Waals surface area (Å²) in [6.07, 6.45) is 4.67. The molecule has 1 amide bonds. The van der Waals surface area contributed by atoms with Gasteiger partial charge in [0.25, 0.3) is 0 Å². The Labute approximate surface area is 152 Å². The third-order valence-electron chi connectivity index (χ3n) is 5.45. The fourth-order valence-electron chi connectivity index (χ4n) is 4.00. The first kappa shape index (κ1) is 17.0. The molecule has 1 fully saturated rings. The number of aromatic nitrogens is 3. The van der Waals surface area contributed by atoms with Crippen LogP contribution < -0.4 is 5.32 Å². The molecule has 1 unspecified atom stereocenters. The molecule has 26 heavy (non-hydrogen) atoms. The van der Waals surface area contributed by atoms with Gasteiger partial charge in [-0.1, -0.05) is 13.8 Å². The van der Waals surface area contributed by atoms with Crippen molar-refractivity contribution in [3.05, 3.63) is 29.3 Å². The maximum absolute atomic E-state index is 14.1. The van der Waals surface area contributed by atoms with Gasteiger partial charge in [-0.3, -0.25) is 9.89 Å². The van der Waals surface area contributed by atoms with Gasteiger partial charge in [0.2, 0.25) is 12.4 Å². The van der Waals surface area contributed by atoms with Gasteiger partial charge >= 0.3 is 0 Å². The van der Waals surface area contributed by atoms with Crippen molar-refractivity contribution in [2.75, 3.05) is 18.4 Å². The van der Waals surface area contributed by atoms with Gasteiger partial charge in [0.05, 0.1) is 5.69 Å². The Morgan fingerprint density at radius 1 is 1.42 bits per heavy atom. The number of fused-ring (bicyclic) bond motifs is 1. The fraction of sp³-hybridized carbons (Fsp3) is 0.526. The normalized spacial score (nSPS) is 21.5. The number of aromatic amines is 1. The van der Waals surface area contributed by atoms with Crippen LogP contribution in [0.25, 0.3) is 11.3 Å². The summed E-state index contributed by atoms with van der Waals surface area (Å²) in [6, 6.07) is 3.38. The summed E-state index contributed by atoms with van der Waals surface area (Å²) in [6.45, 7) is 5.85. The Kier molecular flexibility index (Phi) is 4.17. The zero-order valence-corrected chi connectivity index (χ0v) is 15.2. The third kappa shape index (κ3) is 3.30. The molecule has 6 nitrogen and oxygen atoms in total. The Balaban J connectivity index is 1.59. The number of anilines is 1. The molecule has 138 valence electrons. The number of H-pyrrole nitrogens is 1. The number of amides is 1. The molecule has 7 heteroatoms. The van der Waals surface area contributed by atoms with Crippen molar-refractivity contribution >= 4 is 12.2 Å². The highest BCUT2D eigenvalue weighted by Crippen LogP contribution is 2.38. The smallest absolute Gasteiger partial charge is 0.215 e. The van der Waals surface area contributed by atoms with E-state index in [1.807, 2.05) is 6.07 Å². The van der Waals surface area contributed by atoms with E-state index in [0.717, 1.165) is 49.0 Å². The van der Waals surface area contributed by atoms with Crippen molar-refractivity contribution in [3.8, 4) is 11.3 Å². The summed E-state index contributed by atoms with van der Waals surface area (Å²) in [4.78, 5) is 16.5. The lowest BCUT2D eigenvalue weighted by molar-refractivity contribution is -0.117. The summed E-state index contributed by atoms with van der Waals surface area (Å²) in [5, 5.41) is 10.9.